The zero-order chi connectivity index (χ0) is 16.9. The Morgan fingerprint density at radius 1 is 1.04 bits per heavy atom. The van der Waals surface area contributed by atoms with Crippen molar-refractivity contribution in [2.75, 3.05) is 5.32 Å². The van der Waals surface area contributed by atoms with Crippen LogP contribution in [-0.2, 0) is 4.79 Å². The van der Waals surface area contributed by atoms with Gasteiger partial charge in [-0.1, -0.05) is 58.6 Å². The number of carbonyl (C=O) groups is 1. The Kier molecular flexibility index (Phi) is 4.93. The molecule has 0 spiro atoms. The first kappa shape index (κ1) is 16.2. The SMILES string of the molecule is O=C(C=Cc1ccccc1)Nc1nnc(-c2cc(Cl)cc(Cl)c2)o1. The minimum Gasteiger partial charge on any atom is -0.403 e. The van der Waals surface area contributed by atoms with Crippen LogP contribution in [0.1, 0.15) is 5.56 Å². The summed E-state index contributed by atoms with van der Waals surface area (Å²) in [6, 6.07) is 14.3. The molecular formula is C17H11Cl2N3O2. The van der Waals surface area contributed by atoms with Gasteiger partial charge in [0.05, 0.1) is 0 Å². The summed E-state index contributed by atoms with van der Waals surface area (Å²) in [5.74, 6) is -0.167. The molecule has 0 radical (unpaired) electrons. The fourth-order valence-corrected chi connectivity index (χ4v) is 2.48. The van der Waals surface area contributed by atoms with Crippen molar-refractivity contribution in [2.24, 2.45) is 0 Å². The highest BCUT2D eigenvalue weighted by Crippen LogP contribution is 2.27. The van der Waals surface area contributed by atoms with Crippen LogP contribution in [0.4, 0.5) is 6.01 Å². The van der Waals surface area contributed by atoms with Crippen molar-refractivity contribution < 1.29 is 9.21 Å². The van der Waals surface area contributed by atoms with Gasteiger partial charge in [0.2, 0.25) is 5.89 Å². The van der Waals surface area contributed by atoms with E-state index in [2.05, 4.69) is 15.5 Å². The summed E-state index contributed by atoms with van der Waals surface area (Å²) < 4.78 is 5.40. The second-order valence-corrected chi connectivity index (χ2v) is 5.68. The molecule has 24 heavy (non-hydrogen) atoms. The first-order valence-electron chi connectivity index (χ1n) is 6.94. The molecule has 3 rings (SSSR count). The second-order valence-electron chi connectivity index (χ2n) is 4.80. The minimum absolute atomic E-state index is 0.0104. The molecule has 2 aromatic carbocycles. The lowest BCUT2D eigenvalue weighted by atomic mass is 10.2. The molecular weight excluding hydrogens is 349 g/mol. The van der Waals surface area contributed by atoms with Gasteiger partial charge in [0.1, 0.15) is 0 Å². The maximum atomic E-state index is 11.9. The highest BCUT2D eigenvalue weighted by Gasteiger charge is 2.11. The van der Waals surface area contributed by atoms with Crippen molar-refractivity contribution in [3.8, 4) is 11.5 Å². The minimum atomic E-state index is -0.377. The number of halogens is 2. The van der Waals surface area contributed by atoms with Gasteiger partial charge in [-0.25, -0.2) is 0 Å². The van der Waals surface area contributed by atoms with E-state index in [4.69, 9.17) is 27.6 Å². The summed E-state index contributed by atoms with van der Waals surface area (Å²) >= 11 is 11.9. The molecule has 0 aliphatic carbocycles. The van der Waals surface area contributed by atoms with Gasteiger partial charge < -0.3 is 4.42 Å². The average Bonchev–Trinajstić information content (AvgIpc) is 3.01. The number of nitrogens with one attached hydrogen (secondary N) is 1. The topological polar surface area (TPSA) is 68.0 Å². The third-order valence-electron chi connectivity index (χ3n) is 2.99. The molecule has 0 unspecified atom stereocenters. The Morgan fingerprint density at radius 3 is 2.46 bits per heavy atom. The summed E-state index contributed by atoms with van der Waals surface area (Å²) in [5, 5.41) is 11.0. The van der Waals surface area contributed by atoms with Crippen molar-refractivity contribution >= 4 is 41.2 Å². The predicted octanol–water partition coefficient (Wildman–Crippen LogP) is 4.70. The van der Waals surface area contributed by atoms with Crippen molar-refractivity contribution in [3.05, 3.63) is 70.2 Å². The Hall–Kier alpha value is -2.63. The van der Waals surface area contributed by atoms with Gasteiger partial charge in [-0.15, -0.1) is 5.10 Å². The van der Waals surface area contributed by atoms with Crippen LogP contribution < -0.4 is 5.32 Å². The highest BCUT2D eigenvalue weighted by molar-refractivity contribution is 6.35. The van der Waals surface area contributed by atoms with Gasteiger partial charge in [0.25, 0.3) is 5.91 Å². The zero-order valence-electron chi connectivity index (χ0n) is 12.2. The van der Waals surface area contributed by atoms with Crippen LogP contribution in [0.15, 0.2) is 59.0 Å². The van der Waals surface area contributed by atoms with Gasteiger partial charge in [0.15, 0.2) is 0 Å². The van der Waals surface area contributed by atoms with E-state index >= 15 is 0 Å². The molecule has 5 nitrogen and oxygen atoms in total. The van der Waals surface area contributed by atoms with Gasteiger partial charge in [-0.05, 0) is 29.8 Å². The van der Waals surface area contributed by atoms with Gasteiger partial charge in [-0.2, -0.15) is 0 Å². The zero-order valence-corrected chi connectivity index (χ0v) is 13.8. The summed E-state index contributed by atoms with van der Waals surface area (Å²) in [7, 11) is 0. The van der Waals surface area contributed by atoms with Crippen LogP contribution in [0.25, 0.3) is 17.5 Å². The molecule has 1 N–H and O–H groups in total. The molecule has 1 aromatic heterocycles. The number of rotatable bonds is 4. The number of amides is 1. The van der Waals surface area contributed by atoms with E-state index in [1.165, 1.54) is 6.08 Å². The molecule has 1 heterocycles. The predicted molar refractivity (Wildman–Crippen MR) is 93.9 cm³/mol. The molecule has 7 heteroatoms. The van der Waals surface area contributed by atoms with E-state index in [0.29, 0.717) is 15.6 Å². The summed E-state index contributed by atoms with van der Waals surface area (Å²) in [5.41, 5.74) is 1.48. The summed E-state index contributed by atoms with van der Waals surface area (Å²) in [4.78, 5) is 11.9. The van der Waals surface area contributed by atoms with E-state index in [-0.39, 0.29) is 17.8 Å². The monoisotopic (exact) mass is 359 g/mol. The highest BCUT2D eigenvalue weighted by atomic mass is 35.5. The Morgan fingerprint density at radius 2 is 1.75 bits per heavy atom. The fourth-order valence-electron chi connectivity index (χ4n) is 1.95. The van der Waals surface area contributed by atoms with Gasteiger partial charge in [-0.3, -0.25) is 10.1 Å². The van der Waals surface area contributed by atoms with Crippen LogP contribution in [-0.4, -0.2) is 16.1 Å². The third kappa shape index (κ3) is 4.22. The quantitative estimate of drug-likeness (QED) is 0.685. The number of aromatic nitrogens is 2. The van der Waals surface area contributed by atoms with Crippen LogP contribution >= 0.6 is 23.2 Å². The molecule has 0 bridgehead atoms. The van der Waals surface area contributed by atoms with Gasteiger partial charge in [0, 0.05) is 21.7 Å². The van der Waals surface area contributed by atoms with Gasteiger partial charge >= 0.3 is 6.01 Å². The van der Waals surface area contributed by atoms with Crippen molar-refractivity contribution in [2.45, 2.75) is 0 Å². The molecule has 0 saturated heterocycles. The lowest BCUT2D eigenvalue weighted by Gasteiger charge is -1.98. The van der Waals surface area contributed by atoms with E-state index in [9.17, 15) is 4.79 Å². The molecule has 120 valence electrons. The normalized spacial score (nSPS) is 10.9. The second kappa shape index (κ2) is 7.29. The van der Waals surface area contributed by atoms with E-state index < -0.39 is 0 Å². The van der Waals surface area contributed by atoms with Crippen molar-refractivity contribution in [1.29, 1.82) is 0 Å². The summed E-state index contributed by atoms with van der Waals surface area (Å²) in [6.07, 6.45) is 3.07. The maximum absolute atomic E-state index is 11.9. The maximum Gasteiger partial charge on any atom is 0.322 e. The Balaban J connectivity index is 1.69. The molecule has 3 aromatic rings. The number of benzene rings is 2. The van der Waals surface area contributed by atoms with E-state index in [0.717, 1.165) is 5.56 Å². The Labute approximate surface area is 147 Å². The van der Waals surface area contributed by atoms with Crippen LogP contribution in [0.3, 0.4) is 0 Å². The Bertz CT molecular complexity index is 872. The molecule has 0 atom stereocenters. The first-order valence-corrected chi connectivity index (χ1v) is 7.70. The van der Waals surface area contributed by atoms with Crippen molar-refractivity contribution in [1.82, 2.24) is 10.2 Å². The molecule has 0 saturated carbocycles. The molecule has 0 aliphatic rings. The molecule has 0 aliphatic heterocycles. The third-order valence-corrected chi connectivity index (χ3v) is 3.43. The number of carbonyl (C=O) groups excluding carboxylic acids is 1. The van der Waals surface area contributed by atoms with Crippen LogP contribution in [0.5, 0.6) is 0 Å². The number of hydrogen-bond acceptors (Lipinski definition) is 4. The summed E-state index contributed by atoms with van der Waals surface area (Å²) in [6.45, 7) is 0. The lowest BCUT2D eigenvalue weighted by Crippen LogP contribution is -2.07. The molecule has 0 fully saturated rings. The molecule has 1 amide bonds. The van der Waals surface area contributed by atoms with E-state index in [1.54, 1.807) is 24.3 Å². The van der Waals surface area contributed by atoms with E-state index in [1.807, 2.05) is 30.3 Å². The number of anilines is 1. The van der Waals surface area contributed by atoms with Crippen LogP contribution in [0.2, 0.25) is 10.0 Å². The van der Waals surface area contributed by atoms with Crippen LogP contribution in [0, 0.1) is 0 Å². The first-order chi connectivity index (χ1) is 11.6. The van der Waals surface area contributed by atoms with Crippen molar-refractivity contribution in [3.63, 3.8) is 0 Å². The smallest absolute Gasteiger partial charge is 0.322 e. The lowest BCUT2D eigenvalue weighted by molar-refractivity contribution is -0.112. The standard InChI is InChI=1S/C17H11Cl2N3O2/c18-13-8-12(9-14(19)10-13)16-21-22-17(24-16)20-15(23)7-6-11-4-2-1-3-5-11/h1-10H,(H,20,22,23). The number of nitrogens with zero attached hydrogens (tertiary/aromatic N) is 2. The fraction of sp³-hybridized carbons (Fsp3) is 0. The number of hydrogen-bond donors (Lipinski definition) is 1. The average molecular weight is 360 g/mol. The largest absolute Gasteiger partial charge is 0.403 e.